The van der Waals surface area contributed by atoms with Crippen molar-refractivity contribution in [3.05, 3.63) is 47.3 Å². The third kappa shape index (κ3) is 3.26. The minimum atomic E-state index is 0.469. The third-order valence-electron chi connectivity index (χ3n) is 5.04. The highest BCUT2D eigenvalue weighted by Crippen LogP contribution is 2.28. The summed E-state index contributed by atoms with van der Waals surface area (Å²) in [4.78, 5) is 16.1. The summed E-state index contributed by atoms with van der Waals surface area (Å²) in [5.74, 6) is 1.31. The summed E-state index contributed by atoms with van der Waals surface area (Å²) in [6.07, 6.45) is 4.23. The van der Waals surface area contributed by atoms with Crippen LogP contribution in [0.4, 0.5) is 0 Å². The van der Waals surface area contributed by atoms with Crippen LogP contribution in [0.5, 0.6) is 0 Å². The minimum Gasteiger partial charge on any atom is -0.297 e. The fourth-order valence-corrected chi connectivity index (χ4v) is 3.81. The van der Waals surface area contributed by atoms with Crippen molar-refractivity contribution in [2.24, 2.45) is 7.05 Å². The van der Waals surface area contributed by atoms with Crippen LogP contribution < -0.4 is 0 Å². The standard InChI is InChI=1S/C19H24N6/c1-13-17-6-7-18(22-19(17)24(3)23-13)15-5-4-10-25(11-15)12-16-8-9-20-14(2)21-16/h6-9,15H,4-5,10-12H2,1-3H3. The van der Waals surface area contributed by atoms with Crippen LogP contribution in [0, 0.1) is 13.8 Å². The number of nitrogens with zero attached hydrogens (tertiary/aromatic N) is 6. The van der Waals surface area contributed by atoms with Crippen LogP contribution in [0.2, 0.25) is 0 Å². The van der Waals surface area contributed by atoms with E-state index in [0.29, 0.717) is 5.92 Å². The molecule has 0 N–H and O–H groups in total. The van der Waals surface area contributed by atoms with Crippen molar-refractivity contribution in [3.63, 3.8) is 0 Å². The second-order valence-electron chi connectivity index (χ2n) is 6.99. The molecule has 6 nitrogen and oxygen atoms in total. The molecule has 0 amide bonds. The number of pyridine rings is 1. The Hall–Kier alpha value is -2.34. The van der Waals surface area contributed by atoms with E-state index >= 15 is 0 Å². The van der Waals surface area contributed by atoms with Crippen molar-refractivity contribution in [3.8, 4) is 0 Å². The quantitative estimate of drug-likeness (QED) is 0.736. The van der Waals surface area contributed by atoms with E-state index in [4.69, 9.17) is 4.98 Å². The summed E-state index contributed by atoms with van der Waals surface area (Å²) in [5, 5.41) is 5.63. The lowest BCUT2D eigenvalue weighted by atomic mass is 9.94. The van der Waals surface area contributed by atoms with Gasteiger partial charge in [-0.3, -0.25) is 9.58 Å². The summed E-state index contributed by atoms with van der Waals surface area (Å²) in [6, 6.07) is 6.37. The molecule has 4 rings (SSSR count). The van der Waals surface area contributed by atoms with Crippen LogP contribution in [0.25, 0.3) is 11.0 Å². The maximum absolute atomic E-state index is 4.92. The van der Waals surface area contributed by atoms with Gasteiger partial charge in [0.15, 0.2) is 5.65 Å². The zero-order valence-corrected chi connectivity index (χ0v) is 15.1. The van der Waals surface area contributed by atoms with Gasteiger partial charge >= 0.3 is 0 Å². The van der Waals surface area contributed by atoms with Gasteiger partial charge in [-0.05, 0) is 51.4 Å². The van der Waals surface area contributed by atoms with Gasteiger partial charge in [-0.1, -0.05) is 0 Å². The number of rotatable bonds is 3. The maximum atomic E-state index is 4.92. The first-order valence-electron chi connectivity index (χ1n) is 8.91. The number of likely N-dealkylation sites (tertiary alicyclic amines) is 1. The molecule has 1 aliphatic rings. The average molecular weight is 336 g/mol. The van der Waals surface area contributed by atoms with E-state index < -0.39 is 0 Å². The first-order valence-corrected chi connectivity index (χ1v) is 8.91. The van der Waals surface area contributed by atoms with Gasteiger partial charge in [0.2, 0.25) is 0 Å². The SMILES string of the molecule is Cc1nccc(CN2CCCC(c3ccc4c(C)nn(C)c4n3)C2)n1. The predicted octanol–water partition coefficient (Wildman–Crippen LogP) is 2.75. The van der Waals surface area contributed by atoms with Gasteiger partial charge in [-0.25, -0.2) is 15.0 Å². The molecule has 3 aromatic heterocycles. The highest BCUT2D eigenvalue weighted by Gasteiger charge is 2.23. The van der Waals surface area contributed by atoms with Crippen molar-refractivity contribution in [2.45, 2.75) is 39.2 Å². The Kier molecular flexibility index (Phi) is 4.21. The van der Waals surface area contributed by atoms with Gasteiger partial charge in [0.1, 0.15) is 5.82 Å². The first kappa shape index (κ1) is 16.1. The minimum absolute atomic E-state index is 0.469. The topological polar surface area (TPSA) is 59.7 Å². The molecule has 0 aliphatic carbocycles. The monoisotopic (exact) mass is 336 g/mol. The molecule has 1 aliphatic heterocycles. The fraction of sp³-hybridized carbons (Fsp3) is 0.474. The van der Waals surface area contributed by atoms with Crippen molar-refractivity contribution in [1.82, 2.24) is 29.6 Å². The van der Waals surface area contributed by atoms with E-state index in [2.05, 4.69) is 32.1 Å². The van der Waals surface area contributed by atoms with Crippen molar-refractivity contribution < 1.29 is 0 Å². The van der Waals surface area contributed by atoms with Gasteiger partial charge in [0.05, 0.1) is 11.4 Å². The number of hydrogen-bond donors (Lipinski definition) is 0. The Balaban J connectivity index is 1.53. The van der Waals surface area contributed by atoms with Gasteiger partial charge in [-0.15, -0.1) is 0 Å². The van der Waals surface area contributed by atoms with Crippen LogP contribution in [0.15, 0.2) is 24.4 Å². The summed E-state index contributed by atoms with van der Waals surface area (Å²) in [7, 11) is 1.97. The van der Waals surface area contributed by atoms with Crippen LogP contribution in [-0.4, -0.2) is 42.7 Å². The molecule has 1 unspecified atom stereocenters. The number of aromatic nitrogens is 5. The molecule has 1 atom stereocenters. The molecule has 1 fully saturated rings. The van der Waals surface area contributed by atoms with E-state index in [1.807, 2.05) is 37.8 Å². The highest BCUT2D eigenvalue weighted by atomic mass is 15.3. The lowest BCUT2D eigenvalue weighted by molar-refractivity contribution is 0.196. The molecular weight excluding hydrogens is 312 g/mol. The number of piperidine rings is 1. The molecule has 3 aromatic rings. The van der Waals surface area contributed by atoms with Crippen LogP contribution >= 0.6 is 0 Å². The first-order chi connectivity index (χ1) is 12.1. The smallest absolute Gasteiger partial charge is 0.158 e. The molecule has 0 aromatic carbocycles. The van der Waals surface area contributed by atoms with Gasteiger partial charge in [-0.2, -0.15) is 5.10 Å². The average Bonchev–Trinajstić information content (AvgIpc) is 2.89. The molecule has 0 saturated carbocycles. The largest absolute Gasteiger partial charge is 0.297 e. The molecule has 4 heterocycles. The Morgan fingerprint density at radius 1 is 1.16 bits per heavy atom. The molecule has 1 saturated heterocycles. The molecule has 130 valence electrons. The third-order valence-corrected chi connectivity index (χ3v) is 5.04. The summed E-state index contributed by atoms with van der Waals surface area (Å²) in [5.41, 5.74) is 4.30. The summed E-state index contributed by atoms with van der Waals surface area (Å²) < 4.78 is 1.89. The molecule has 25 heavy (non-hydrogen) atoms. The van der Waals surface area contributed by atoms with E-state index in [-0.39, 0.29) is 0 Å². The number of hydrogen-bond acceptors (Lipinski definition) is 5. The van der Waals surface area contributed by atoms with E-state index in [9.17, 15) is 0 Å². The fourth-order valence-electron chi connectivity index (χ4n) is 3.81. The lowest BCUT2D eigenvalue weighted by Crippen LogP contribution is -2.34. The Labute approximate surface area is 147 Å². The normalized spacial score (nSPS) is 18.8. The number of aryl methyl sites for hydroxylation is 3. The lowest BCUT2D eigenvalue weighted by Gasteiger charge is -2.32. The molecule has 6 heteroatoms. The van der Waals surface area contributed by atoms with Crippen molar-refractivity contribution in [2.75, 3.05) is 13.1 Å². The second-order valence-corrected chi connectivity index (χ2v) is 6.99. The summed E-state index contributed by atoms with van der Waals surface area (Å²) in [6.45, 7) is 7.01. The van der Waals surface area contributed by atoms with Crippen LogP contribution in [0.3, 0.4) is 0 Å². The Morgan fingerprint density at radius 3 is 2.88 bits per heavy atom. The number of fused-ring (bicyclic) bond motifs is 1. The van der Waals surface area contributed by atoms with Crippen molar-refractivity contribution in [1.29, 1.82) is 0 Å². The maximum Gasteiger partial charge on any atom is 0.158 e. The zero-order chi connectivity index (χ0) is 17.4. The van der Waals surface area contributed by atoms with Gasteiger partial charge in [0.25, 0.3) is 0 Å². The Bertz CT molecular complexity index is 900. The molecular formula is C19H24N6. The van der Waals surface area contributed by atoms with Gasteiger partial charge in [0, 0.05) is 43.3 Å². The molecule has 0 bridgehead atoms. The van der Waals surface area contributed by atoms with Crippen LogP contribution in [-0.2, 0) is 13.6 Å². The predicted molar refractivity (Wildman–Crippen MR) is 97.3 cm³/mol. The second kappa shape index (κ2) is 6.52. The van der Waals surface area contributed by atoms with Crippen LogP contribution in [0.1, 0.15) is 41.7 Å². The highest BCUT2D eigenvalue weighted by molar-refractivity contribution is 5.78. The Morgan fingerprint density at radius 2 is 2.04 bits per heavy atom. The zero-order valence-electron chi connectivity index (χ0n) is 15.1. The molecule has 0 radical (unpaired) electrons. The van der Waals surface area contributed by atoms with E-state index in [1.54, 1.807) is 0 Å². The van der Waals surface area contributed by atoms with E-state index in [0.717, 1.165) is 47.9 Å². The van der Waals surface area contributed by atoms with Crippen molar-refractivity contribution >= 4 is 11.0 Å². The molecule has 0 spiro atoms. The summed E-state index contributed by atoms with van der Waals surface area (Å²) >= 11 is 0. The van der Waals surface area contributed by atoms with Gasteiger partial charge < -0.3 is 0 Å². The van der Waals surface area contributed by atoms with E-state index in [1.165, 1.54) is 18.5 Å².